The number of anilines is 1. The van der Waals surface area contributed by atoms with Gasteiger partial charge in [-0.05, 0) is 31.5 Å². The van der Waals surface area contributed by atoms with E-state index in [0.29, 0.717) is 5.56 Å². The molecule has 1 aliphatic heterocycles. The van der Waals surface area contributed by atoms with Crippen molar-refractivity contribution in [2.75, 3.05) is 5.32 Å². The first-order valence-corrected chi connectivity index (χ1v) is 8.16. The molecule has 0 saturated heterocycles. The Balaban J connectivity index is 2.12. The average Bonchev–Trinajstić information content (AvgIpc) is 2.57. The normalized spacial score (nSPS) is 16.5. The van der Waals surface area contributed by atoms with Gasteiger partial charge in [0, 0.05) is 26.4 Å². The van der Waals surface area contributed by atoms with Crippen molar-refractivity contribution in [3.63, 3.8) is 0 Å². The highest BCUT2D eigenvalue weighted by atomic mass is 16.5. The summed E-state index contributed by atoms with van der Waals surface area (Å²) in [4.78, 5) is 36.9. The van der Waals surface area contributed by atoms with Gasteiger partial charge in [-0.15, -0.1) is 0 Å². The van der Waals surface area contributed by atoms with Crippen LogP contribution in [0.3, 0.4) is 0 Å². The monoisotopic (exact) mass is 343 g/mol. The summed E-state index contributed by atoms with van der Waals surface area (Å²) < 4.78 is 8.01. The molecule has 1 aliphatic rings. The lowest BCUT2D eigenvalue weighted by molar-refractivity contribution is -0.116. The number of fused-ring (bicyclic) bond motifs is 1. The molecule has 1 amide bonds. The molecule has 1 aromatic carbocycles. The number of carbonyl (C=O) groups excluding carboxylic acids is 1. The zero-order chi connectivity index (χ0) is 18.3. The molecule has 0 aliphatic carbocycles. The molecule has 0 fully saturated rings. The molecular formula is C18H21N3O4. The van der Waals surface area contributed by atoms with Crippen LogP contribution in [0.5, 0.6) is 5.75 Å². The summed E-state index contributed by atoms with van der Waals surface area (Å²) in [5, 5.41) is 2.66. The second-order valence-corrected chi connectivity index (χ2v) is 6.51. The van der Waals surface area contributed by atoms with E-state index in [2.05, 4.69) is 5.32 Å². The summed E-state index contributed by atoms with van der Waals surface area (Å²) in [5.41, 5.74) is 0.417. The fourth-order valence-electron chi connectivity index (χ4n) is 3.14. The zero-order valence-corrected chi connectivity index (χ0v) is 14.7. The fourth-order valence-corrected chi connectivity index (χ4v) is 3.14. The molecule has 1 atom stereocenters. The van der Waals surface area contributed by atoms with E-state index in [1.807, 2.05) is 38.1 Å². The second kappa shape index (κ2) is 6.23. The van der Waals surface area contributed by atoms with Gasteiger partial charge < -0.3 is 10.1 Å². The molecule has 0 unspecified atom stereocenters. The van der Waals surface area contributed by atoms with E-state index >= 15 is 0 Å². The lowest BCUT2D eigenvalue weighted by Crippen LogP contribution is -2.44. The van der Waals surface area contributed by atoms with E-state index in [-0.39, 0.29) is 29.8 Å². The Labute approximate surface area is 144 Å². The van der Waals surface area contributed by atoms with E-state index in [1.54, 1.807) is 7.05 Å². The molecule has 3 rings (SSSR count). The highest BCUT2D eigenvalue weighted by Gasteiger charge is 2.32. The summed E-state index contributed by atoms with van der Waals surface area (Å²) in [6.07, 6.45) is 0.221. The minimum atomic E-state index is -0.467. The van der Waals surface area contributed by atoms with Crippen LogP contribution >= 0.6 is 0 Å². The molecule has 7 heteroatoms. The molecule has 2 heterocycles. The third-order valence-electron chi connectivity index (χ3n) is 4.35. The van der Waals surface area contributed by atoms with Gasteiger partial charge >= 0.3 is 5.69 Å². The second-order valence-electron chi connectivity index (χ2n) is 6.51. The van der Waals surface area contributed by atoms with Crippen molar-refractivity contribution in [1.82, 2.24) is 9.13 Å². The van der Waals surface area contributed by atoms with Crippen molar-refractivity contribution in [1.29, 1.82) is 0 Å². The predicted octanol–water partition coefficient (Wildman–Crippen LogP) is 1.35. The maximum absolute atomic E-state index is 12.7. The molecule has 0 spiro atoms. The van der Waals surface area contributed by atoms with Crippen molar-refractivity contribution >= 4 is 11.7 Å². The molecule has 7 nitrogen and oxygen atoms in total. The number of ether oxygens (including phenoxy) is 1. The molecular weight excluding hydrogens is 322 g/mol. The van der Waals surface area contributed by atoms with Gasteiger partial charge in [0.2, 0.25) is 5.91 Å². The highest BCUT2D eigenvalue weighted by Crippen LogP contribution is 2.34. The summed E-state index contributed by atoms with van der Waals surface area (Å²) >= 11 is 0. The van der Waals surface area contributed by atoms with Gasteiger partial charge in [-0.1, -0.05) is 12.1 Å². The van der Waals surface area contributed by atoms with Crippen molar-refractivity contribution in [3.05, 3.63) is 56.2 Å². The standard InChI is InChI=1S/C18H21N3O4/c1-10(2)25-12-7-5-11(6-8-12)13-9-14(22)19-16-15(13)17(23)21(4)18(24)20(16)3/h5-8,10,13H,9H2,1-4H3,(H,19,22)/t13-/m1/s1. The number of nitrogens with one attached hydrogen (secondary N) is 1. The van der Waals surface area contributed by atoms with Gasteiger partial charge in [0.15, 0.2) is 0 Å². The topological polar surface area (TPSA) is 82.3 Å². The van der Waals surface area contributed by atoms with Crippen LogP contribution < -0.4 is 21.3 Å². The molecule has 0 saturated carbocycles. The number of carbonyl (C=O) groups is 1. The van der Waals surface area contributed by atoms with Crippen LogP contribution in [0, 0.1) is 0 Å². The number of aromatic nitrogens is 2. The van der Waals surface area contributed by atoms with Gasteiger partial charge in [0.25, 0.3) is 5.56 Å². The van der Waals surface area contributed by atoms with Gasteiger partial charge in [-0.2, -0.15) is 0 Å². The van der Waals surface area contributed by atoms with Crippen molar-refractivity contribution in [2.45, 2.75) is 32.3 Å². The summed E-state index contributed by atoms with van der Waals surface area (Å²) in [5.74, 6) is 0.384. The molecule has 2 aromatic rings. The van der Waals surface area contributed by atoms with Crippen LogP contribution in [0.4, 0.5) is 5.82 Å². The minimum Gasteiger partial charge on any atom is -0.491 e. The Morgan fingerprint density at radius 3 is 2.32 bits per heavy atom. The number of benzene rings is 1. The van der Waals surface area contributed by atoms with Gasteiger partial charge in [-0.25, -0.2) is 4.79 Å². The maximum Gasteiger partial charge on any atom is 0.332 e. The van der Waals surface area contributed by atoms with Crippen LogP contribution in [-0.2, 0) is 18.9 Å². The predicted molar refractivity (Wildman–Crippen MR) is 94.2 cm³/mol. The van der Waals surface area contributed by atoms with Crippen molar-refractivity contribution in [2.24, 2.45) is 14.1 Å². The smallest absolute Gasteiger partial charge is 0.332 e. The fraction of sp³-hybridized carbons (Fsp3) is 0.389. The summed E-state index contributed by atoms with van der Waals surface area (Å²) in [6, 6.07) is 7.37. The maximum atomic E-state index is 12.7. The van der Waals surface area contributed by atoms with E-state index in [0.717, 1.165) is 15.9 Å². The van der Waals surface area contributed by atoms with Crippen LogP contribution in [0.2, 0.25) is 0 Å². The largest absolute Gasteiger partial charge is 0.491 e. The molecule has 0 bridgehead atoms. The van der Waals surface area contributed by atoms with Crippen LogP contribution in [0.25, 0.3) is 0 Å². The number of nitrogens with zero attached hydrogens (tertiary/aromatic N) is 2. The first-order valence-electron chi connectivity index (χ1n) is 8.16. The first kappa shape index (κ1) is 17.0. The lowest BCUT2D eigenvalue weighted by atomic mass is 9.86. The number of hydrogen-bond donors (Lipinski definition) is 1. The van der Waals surface area contributed by atoms with E-state index < -0.39 is 11.6 Å². The summed E-state index contributed by atoms with van der Waals surface area (Å²) in [7, 11) is 2.99. The quantitative estimate of drug-likeness (QED) is 0.912. The average molecular weight is 343 g/mol. The van der Waals surface area contributed by atoms with E-state index in [9.17, 15) is 14.4 Å². The first-order chi connectivity index (χ1) is 11.8. The van der Waals surface area contributed by atoms with Crippen molar-refractivity contribution < 1.29 is 9.53 Å². The lowest BCUT2D eigenvalue weighted by Gasteiger charge is -2.27. The zero-order valence-electron chi connectivity index (χ0n) is 14.7. The van der Waals surface area contributed by atoms with Gasteiger partial charge in [0.05, 0.1) is 11.7 Å². The van der Waals surface area contributed by atoms with Crippen LogP contribution in [-0.4, -0.2) is 21.1 Å². The van der Waals surface area contributed by atoms with Crippen LogP contribution in [0.1, 0.15) is 37.3 Å². The molecule has 1 aromatic heterocycles. The third kappa shape index (κ3) is 2.97. The molecule has 0 radical (unpaired) electrons. The van der Waals surface area contributed by atoms with Gasteiger partial charge in [0.1, 0.15) is 11.6 Å². The van der Waals surface area contributed by atoms with Crippen molar-refractivity contribution in [3.8, 4) is 5.75 Å². The Bertz CT molecular complexity index is 939. The minimum absolute atomic E-state index is 0.0638. The van der Waals surface area contributed by atoms with Gasteiger partial charge in [-0.3, -0.25) is 18.7 Å². The number of rotatable bonds is 3. The number of hydrogen-bond acceptors (Lipinski definition) is 4. The van der Waals surface area contributed by atoms with E-state index in [1.165, 1.54) is 11.6 Å². The Hall–Kier alpha value is -2.83. The summed E-state index contributed by atoms with van der Waals surface area (Å²) in [6.45, 7) is 3.89. The third-order valence-corrected chi connectivity index (χ3v) is 4.35. The SMILES string of the molecule is CC(C)Oc1ccc([C@H]2CC(=O)Nc3c2c(=O)n(C)c(=O)n3C)cc1. The highest BCUT2D eigenvalue weighted by molar-refractivity contribution is 5.94. The molecule has 1 N–H and O–H groups in total. The van der Waals surface area contributed by atoms with Crippen LogP contribution in [0.15, 0.2) is 33.9 Å². The van der Waals surface area contributed by atoms with E-state index in [4.69, 9.17) is 4.74 Å². The number of amides is 1. The Morgan fingerprint density at radius 1 is 1.08 bits per heavy atom. The molecule has 25 heavy (non-hydrogen) atoms. The molecule has 132 valence electrons. The Kier molecular flexibility index (Phi) is 4.24. The Morgan fingerprint density at radius 2 is 1.72 bits per heavy atom.